The third-order valence-corrected chi connectivity index (χ3v) is 10.9. The van der Waals surface area contributed by atoms with Gasteiger partial charge in [-0.25, -0.2) is 0 Å². The van der Waals surface area contributed by atoms with Crippen LogP contribution in [0, 0.1) is 58.2 Å². The molecule has 4 fully saturated rings. The SMILES string of the molecule is CC[C@H]1[C@@H](O)C2C3CC[C@H]([C@H](C)CC=O)[C@@]3(C)CCC2[C@@]2(C)CC[C@@H](C)C[C@@H]12. The van der Waals surface area contributed by atoms with Crippen LogP contribution in [0.1, 0.15) is 92.4 Å². The van der Waals surface area contributed by atoms with E-state index in [1.807, 2.05) is 0 Å². The largest absolute Gasteiger partial charge is 0.393 e. The molecule has 28 heavy (non-hydrogen) atoms. The van der Waals surface area contributed by atoms with Crippen molar-refractivity contribution in [3.8, 4) is 0 Å². The second kappa shape index (κ2) is 7.40. The third kappa shape index (κ3) is 2.87. The molecule has 0 aromatic carbocycles. The molecule has 4 saturated carbocycles. The molecule has 0 bridgehead atoms. The highest BCUT2D eigenvalue weighted by Gasteiger charge is 2.64. The average Bonchev–Trinajstić information content (AvgIpc) is 3.01. The van der Waals surface area contributed by atoms with Crippen molar-refractivity contribution >= 4 is 6.29 Å². The normalized spacial score (nSPS) is 54.4. The fourth-order valence-corrected chi connectivity index (χ4v) is 9.47. The van der Waals surface area contributed by atoms with Gasteiger partial charge in [-0.3, -0.25) is 0 Å². The highest BCUT2D eigenvalue weighted by Crippen LogP contribution is 2.69. The Morgan fingerprint density at radius 1 is 1.04 bits per heavy atom. The summed E-state index contributed by atoms with van der Waals surface area (Å²) in [6.07, 6.45) is 12.1. The van der Waals surface area contributed by atoms with E-state index in [9.17, 15) is 9.90 Å². The average molecular weight is 389 g/mol. The van der Waals surface area contributed by atoms with E-state index in [0.717, 1.165) is 18.6 Å². The molecule has 0 aromatic rings. The molecule has 160 valence electrons. The van der Waals surface area contributed by atoms with Crippen LogP contribution in [0.3, 0.4) is 0 Å². The monoisotopic (exact) mass is 388 g/mol. The van der Waals surface area contributed by atoms with Crippen LogP contribution >= 0.6 is 0 Å². The van der Waals surface area contributed by atoms with Crippen LogP contribution in [-0.4, -0.2) is 17.5 Å². The molecule has 0 amide bonds. The zero-order chi connectivity index (χ0) is 20.3. The van der Waals surface area contributed by atoms with Gasteiger partial charge in [-0.2, -0.15) is 0 Å². The Kier molecular flexibility index (Phi) is 5.52. The standard InChI is InChI=1S/C26H44O2/c1-6-18-22-15-16(2)9-12-26(22,5)21-10-13-25(4)19(17(3)11-14-27)7-8-20(25)23(21)24(18)28/h14,16-24,28H,6-13,15H2,1-5H3/t16-,17-,18-,19-,20?,21?,22+,23?,24-,25-,26-/m1/s1. The molecule has 1 N–H and O–H groups in total. The predicted molar refractivity (Wildman–Crippen MR) is 115 cm³/mol. The first-order chi connectivity index (χ1) is 13.3. The van der Waals surface area contributed by atoms with E-state index in [0.29, 0.717) is 58.7 Å². The maximum atomic E-state index is 11.7. The number of rotatable bonds is 4. The minimum atomic E-state index is -0.108. The summed E-state index contributed by atoms with van der Waals surface area (Å²) in [4.78, 5) is 11.2. The molecule has 4 aliphatic carbocycles. The summed E-state index contributed by atoms with van der Waals surface area (Å²) in [6, 6.07) is 0. The van der Waals surface area contributed by atoms with Crippen LogP contribution in [0.4, 0.5) is 0 Å². The Balaban J connectivity index is 1.67. The molecule has 3 unspecified atom stereocenters. The first kappa shape index (κ1) is 20.9. The molecule has 0 aliphatic heterocycles. The van der Waals surface area contributed by atoms with Crippen LogP contribution in [-0.2, 0) is 4.79 Å². The summed E-state index contributed by atoms with van der Waals surface area (Å²) in [7, 11) is 0. The number of hydrogen-bond donors (Lipinski definition) is 1. The number of carbonyl (C=O) groups is 1. The molecule has 0 spiro atoms. The van der Waals surface area contributed by atoms with Crippen LogP contribution < -0.4 is 0 Å². The lowest BCUT2D eigenvalue weighted by molar-refractivity contribution is -0.198. The van der Waals surface area contributed by atoms with E-state index >= 15 is 0 Å². The van der Waals surface area contributed by atoms with Crippen molar-refractivity contribution < 1.29 is 9.90 Å². The zero-order valence-electron chi connectivity index (χ0n) is 19.0. The zero-order valence-corrected chi connectivity index (χ0v) is 19.0. The lowest BCUT2D eigenvalue weighted by Crippen LogP contribution is -2.61. The molecule has 2 heteroatoms. The van der Waals surface area contributed by atoms with Gasteiger partial charge in [0.15, 0.2) is 0 Å². The smallest absolute Gasteiger partial charge is 0.120 e. The highest BCUT2D eigenvalue weighted by molar-refractivity contribution is 5.49. The number of hydrogen-bond acceptors (Lipinski definition) is 2. The highest BCUT2D eigenvalue weighted by atomic mass is 16.3. The molecule has 0 radical (unpaired) electrons. The van der Waals surface area contributed by atoms with E-state index in [-0.39, 0.29) is 6.10 Å². The lowest BCUT2D eigenvalue weighted by Gasteiger charge is -2.65. The van der Waals surface area contributed by atoms with Gasteiger partial charge in [0, 0.05) is 6.42 Å². The first-order valence-corrected chi connectivity index (χ1v) is 12.4. The second-order valence-electron chi connectivity index (χ2n) is 12.0. The molecular weight excluding hydrogens is 344 g/mol. The minimum Gasteiger partial charge on any atom is -0.393 e. The van der Waals surface area contributed by atoms with Crippen molar-refractivity contribution in [2.45, 2.75) is 98.5 Å². The van der Waals surface area contributed by atoms with Gasteiger partial charge in [0.1, 0.15) is 6.29 Å². The molecular formula is C26H44O2. The van der Waals surface area contributed by atoms with E-state index in [1.54, 1.807) is 0 Å². The lowest BCUT2D eigenvalue weighted by atomic mass is 9.41. The van der Waals surface area contributed by atoms with Crippen LogP contribution in [0.15, 0.2) is 0 Å². The summed E-state index contributed by atoms with van der Waals surface area (Å²) in [5.74, 6) is 5.04. The van der Waals surface area contributed by atoms with Gasteiger partial charge in [-0.1, -0.05) is 47.5 Å². The predicted octanol–water partition coefficient (Wildman–Crippen LogP) is 6.11. The van der Waals surface area contributed by atoms with Gasteiger partial charge < -0.3 is 9.90 Å². The van der Waals surface area contributed by atoms with Gasteiger partial charge in [-0.05, 0) is 96.7 Å². The Morgan fingerprint density at radius 2 is 1.71 bits per heavy atom. The number of aliphatic hydroxyl groups is 1. The molecule has 0 heterocycles. The van der Waals surface area contributed by atoms with Crippen molar-refractivity contribution in [1.29, 1.82) is 0 Å². The number of aliphatic hydroxyl groups excluding tert-OH is 1. The molecule has 0 saturated heterocycles. The Bertz CT molecular complexity index is 587. The molecule has 2 nitrogen and oxygen atoms in total. The van der Waals surface area contributed by atoms with E-state index in [1.165, 1.54) is 44.9 Å². The van der Waals surface area contributed by atoms with Gasteiger partial charge in [0.2, 0.25) is 0 Å². The minimum absolute atomic E-state index is 0.108. The molecule has 0 aromatic heterocycles. The van der Waals surface area contributed by atoms with Gasteiger partial charge >= 0.3 is 0 Å². The Morgan fingerprint density at radius 3 is 2.39 bits per heavy atom. The fourth-order valence-electron chi connectivity index (χ4n) is 9.47. The maximum absolute atomic E-state index is 11.7. The van der Waals surface area contributed by atoms with Crippen molar-refractivity contribution in [3.63, 3.8) is 0 Å². The van der Waals surface area contributed by atoms with Crippen molar-refractivity contribution in [2.24, 2.45) is 58.2 Å². The maximum Gasteiger partial charge on any atom is 0.120 e. The van der Waals surface area contributed by atoms with Crippen molar-refractivity contribution in [2.75, 3.05) is 0 Å². The number of carbonyl (C=O) groups excluding carboxylic acids is 1. The molecule has 4 aliphatic rings. The quantitative estimate of drug-likeness (QED) is 0.590. The number of fused-ring (bicyclic) bond motifs is 5. The summed E-state index contributed by atoms with van der Waals surface area (Å²) >= 11 is 0. The van der Waals surface area contributed by atoms with E-state index < -0.39 is 0 Å². The fraction of sp³-hybridized carbons (Fsp3) is 0.962. The second-order valence-corrected chi connectivity index (χ2v) is 12.0. The van der Waals surface area contributed by atoms with E-state index in [4.69, 9.17) is 0 Å². The number of aldehydes is 1. The van der Waals surface area contributed by atoms with Crippen LogP contribution in [0.5, 0.6) is 0 Å². The van der Waals surface area contributed by atoms with E-state index in [2.05, 4.69) is 34.6 Å². The summed E-state index contributed by atoms with van der Waals surface area (Å²) < 4.78 is 0. The van der Waals surface area contributed by atoms with Crippen molar-refractivity contribution in [3.05, 3.63) is 0 Å². The van der Waals surface area contributed by atoms with Crippen molar-refractivity contribution in [1.82, 2.24) is 0 Å². The summed E-state index contributed by atoms with van der Waals surface area (Å²) in [5, 5.41) is 11.7. The molecule has 4 rings (SSSR count). The van der Waals surface area contributed by atoms with Crippen LogP contribution in [0.2, 0.25) is 0 Å². The Labute approximate surface area is 173 Å². The van der Waals surface area contributed by atoms with Gasteiger partial charge in [0.25, 0.3) is 0 Å². The van der Waals surface area contributed by atoms with Gasteiger partial charge in [0.05, 0.1) is 6.10 Å². The summed E-state index contributed by atoms with van der Waals surface area (Å²) in [6.45, 7) is 12.2. The summed E-state index contributed by atoms with van der Waals surface area (Å²) in [5.41, 5.74) is 0.763. The van der Waals surface area contributed by atoms with Crippen LogP contribution in [0.25, 0.3) is 0 Å². The Hall–Kier alpha value is -0.370. The molecule has 11 atom stereocenters. The third-order valence-electron chi connectivity index (χ3n) is 10.9. The van der Waals surface area contributed by atoms with Gasteiger partial charge in [-0.15, -0.1) is 0 Å². The first-order valence-electron chi connectivity index (χ1n) is 12.4. The topological polar surface area (TPSA) is 37.3 Å².